The molecule has 0 aromatic rings. The SMILES string of the molecule is C=CN=C/C(=C\N)C(=C)NC(=C)S. The summed E-state index contributed by atoms with van der Waals surface area (Å²) in [4.78, 5) is 3.81. The molecule has 13 heavy (non-hydrogen) atoms. The maximum absolute atomic E-state index is 5.35. The molecular formula is C9H13N3S. The van der Waals surface area contributed by atoms with Gasteiger partial charge in [-0.1, -0.05) is 19.7 Å². The van der Waals surface area contributed by atoms with Gasteiger partial charge in [-0.15, -0.1) is 12.6 Å². The monoisotopic (exact) mass is 195 g/mol. The molecule has 0 aromatic heterocycles. The molecule has 0 aliphatic heterocycles. The number of thiol groups is 1. The van der Waals surface area contributed by atoms with E-state index in [1.165, 1.54) is 12.4 Å². The predicted molar refractivity (Wildman–Crippen MR) is 61.4 cm³/mol. The minimum atomic E-state index is 0.497. The number of hydrogen-bond donors (Lipinski definition) is 3. The van der Waals surface area contributed by atoms with E-state index < -0.39 is 0 Å². The molecule has 0 aliphatic carbocycles. The number of nitrogens with one attached hydrogen (secondary N) is 1. The van der Waals surface area contributed by atoms with Gasteiger partial charge in [0.05, 0.1) is 5.03 Å². The van der Waals surface area contributed by atoms with Crippen molar-refractivity contribution in [1.29, 1.82) is 0 Å². The summed E-state index contributed by atoms with van der Waals surface area (Å²) in [5.41, 5.74) is 6.60. The molecule has 70 valence electrons. The molecule has 0 fully saturated rings. The van der Waals surface area contributed by atoms with Crippen LogP contribution in [0, 0.1) is 0 Å². The van der Waals surface area contributed by atoms with Crippen molar-refractivity contribution in [1.82, 2.24) is 5.32 Å². The first-order valence-corrected chi connectivity index (χ1v) is 3.96. The third kappa shape index (κ3) is 4.92. The first kappa shape index (κ1) is 11.6. The van der Waals surface area contributed by atoms with Crippen molar-refractivity contribution >= 4 is 18.8 Å². The highest BCUT2D eigenvalue weighted by molar-refractivity contribution is 7.84. The highest BCUT2D eigenvalue weighted by Gasteiger charge is 1.97. The lowest BCUT2D eigenvalue weighted by molar-refractivity contribution is 1.09. The number of nitrogens with zero attached hydrogens (tertiary/aromatic N) is 1. The summed E-state index contributed by atoms with van der Waals surface area (Å²) in [7, 11) is 0. The van der Waals surface area contributed by atoms with E-state index in [-0.39, 0.29) is 0 Å². The van der Waals surface area contributed by atoms with Crippen LogP contribution in [-0.4, -0.2) is 6.21 Å². The Morgan fingerprint density at radius 3 is 2.46 bits per heavy atom. The molecule has 0 bridgehead atoms. The number of hydrogen-bond acceptors (Lipinski definition) is 4. The van der Waals surface area contributed by atoms with Crippen molar-refractivity contribution in [2.75, 3.05) is 0 Å². The fourth-order valence-corrected chi connectivity index (χ4v) is 0.736. The lowest BCUT2D eigenvalue weighted by Gasteiger charge is -2.07. The highest BCUT2D eigenvalue weighted by atomic mass is 32.1. The van der Waals surface area contributed by atoms with Crippen LogP contribution < -0.4 is 11.1 Å². The van der Waals surface area contributed by atoms with Crippen LogP contribution >= 0.6 is 12.6 Å². The number of aliphatic imine (C=N–C) groups is 1. The summed E-state index contributed by atoms with van der Waals surface area (Å²) in [6.45, 7) is 10.7. The zero-order valence-corrected chi connectivity index (χ0v) is 8.22. The van der Waals surface area contributed by atoms with E-state index in [9.17, 15) is 0 Å². The largest absolute Gasteiger partial charge is 0.404 e. The Labute approximate surface area is 83.8 Å². The van der Waals surface area contributed by atoms with Crippen LogP contribution in [0.15, 0.2) is 53.4 Å². The van der Waals surface area contributed by atoms with E-state index in [1.54, 1.807) is 6.21 Å². The molecule has 0 radical (unpaired) electrons. The molecule has 0 unspecified atom stereocenters. The Kier molecular flexibility index (Phi) is 5.47. The van der Waals surface area contributed by atoms with Gasteiger partial charge < -0.3 is 11.1 Å². The second-order valence-corrected chi connectivity index (χ2v) is 2.67. The normalized spacial score (nSPS) is 11.3. The number of nitrogens with two attached hydrogens (primary N) is 1. The van der Waals surface area contributed by atoms with Crippen molar-refractivity contribution in [2.45, 2.75) is 0 Å². The smallest absolute Gasteiger partial charge is 0.0621 e. The summed E-state index contributed by atoms with van der Waals surface area (Å²) < 4.78 is 0. The maximum atomic E-state index is 5.35. The van der Waals surface area contributed by atoms with E-state index in [0.717, 1.165) is 0 Å². The minimum absolute atomic E-state index is 0.497. The first-order chi connectivity index (χ1) is 6.11. The van der Waals surface area contributed by atoms with Gasteiger partial charge in [-0.2, -0.15) is 0 Å². The van der Waals surface area contributed by atoms with Gasteiger partial charge in [0.25, 0.3) is 0 Å². The van der Waals surface area contributed by atoms with Gasteiger partial charge in [0.1, 0.15) is 0 Å². The Morgan fingerprint density at radius 2 is 2.08 bits per heavy atom. The second-order valence-electron chi connectivity index (χ2n) is 2.13. The van der Waals surface area contributed by atoms with Crippen LogP contribution in [0.2, 0.25) is 0 Å². The number of allylic oxidation sites excluding steroid dienone is 1. The second kappa shape index (κ2) is 6.14. The van der Waals surface area contributed by atoms with Crippen LogP contribution in [0.5, 0.6) is 0 Å². The minimum Gasteiger partial charge on any atom is -0.404 e. The van der Waals surface area contributed by atoms with Gasteiger partial charge >= 0.3 is 0 Å². The van der Waals surface area contributed by atoms with E-state index in [2.05, 4.69) is 42.7 Å². The molecule has 0 spiro atoms. The Bertz CT molecular complexity index is 277. The van der Waals surface area contributed by atoms with Crippen molar-refractivity contribution in [3.8, 4) is 0 Å². The van der Waals surface area contributed by atoms with Crippen LogP contribution in [0.25, 0.3) is 0 Å². The van der Waals surface area contributed by atoms with Gasteiger partial charge in [0.15, 0.2) is 0 Å². The average Bonchev–Trinajstić information content (AvgIpc) is 2.04. The van der Waals surface area contributed by atoms with Gasteiger partial charge in [0, 0.05) is 29.9 Å². The maximum Gasteiger partial charge on any atom is 0.0621 e. The van der Waals surface area contributed by atoms with E-state index >= 15 is 0 Å². The molecular weight excluding hydrogens is 182 g/mol. The first-order valence-electron chi connectivity index (χ1n) is 3.52. The molecule has 3 nitrogen and oxygen atoms in total. The lowest BCUT2D eigenvalue weighted by atomic mass is 10.2. The topological polar surface area (TPSA) is 50.4 Å². The summed E-state index contributed by atoms with van der Waals surface area (Å²) in [5.74, 6) is 0. The van der Waals surface area contributed by atoms with Gasteiger partial charge in [-0.05, 0) is 0 Å². The molecule has 0 heterocycles. The van der Waals surface area contributed by atoms with Crippen molar-refractivity contribution in [3.05, 3.63) is 48.4 Å². The predicted octanol–water partition coefficient (Wildman–Crippen LogP) is 1.55. The van der Waals surface area contributed by atoms with Crippen LogP contribution in [-0.2, 0) is 0 Å². The third-order valence-corrected chi connectivity index (χ3v) is 1.25. The van der Waals surface area contributed by atoms with Crippen molar-refractivity contribution in [2.24, 2.45) is 10.7 Å². The van der Waals surface area contributed by atoms with E-state index in [1.807, 2.05) is 0 Å². The Hall–Kier alpha value is -1.42. The summed E-state index contributed by atoms with van der Waals surface area (Å²) in [5, 5.41) is 3.30. The fourth-order valence-electron chi connectivity index (χ4n) is 0.601. The molecule has 4 heteroatoms. The zero-order chi connectivity index (χ0) is 10.3. The quantitative estimate of drug-likeness (QED) is 0.354. The van der Waals surface area contributed by atoms with Crippen molar-refractivity contribution in [3.63, 3.8) is 0 Å². The Balaban J connectivity index is 4.43. The van der Waals surface area contributed by atoms with Crippen LogP contribution in [0.3, 0.4) is 0 Å². The number of rotatable bonds is 5. The molecule has 3 N–H and O–H groups in total. The summed E-state index contributed by atoms with van der Waals surface area (Å²) in [6.07, 6.45) is 4.34. The fraction of sp³-hybridized carbons (Fsp3) is 0. The van der Waals surface area contributed by atoms with E-state index in [0.29, 0.717) is 16.3 Å². The highest BCUT2D eigenvalue weighted by Crippen LogP contribution is 2.03. The molecule has 0 amide bonds. The van der Waals surface area contributed by atoms with Crippen molar-refractivity contribution < 1.29 is 0 Å². The van der Waals surface area contributed by atoms with Gasteiger partial charge in [-0.25, -0.2) is 0 Å². The molecule has 0 rings (SSSR count). The molecule has 0 aliphatic rings. The summed E-state index contributed by atoms with van der Waals surface area (Å²) >= 11 is 3.96. The Morgan fingerprint density at radius 1 is 1.46 bits per heavy atom. The average molecular weight is 195 g/mol. The van der Waals surface area contributed by atoms with Crippen LogP contribution in [0.4, 0.5) is 0 Å². The summed E-state index contributed by atoms with van der Waals surface area (Å²) in [6, 6.07) is 0. The zero-order valence-electron chi connectivity index (χ0n) is 7.33. The molecule has 0 atom stereocenters. The molecule has 0 aromatic carbocycles. The molecule has 0 saturated carbocycles. The molecule has 0 saturated heterocycles. The van der Waals surface area contributed by atoms with Crippen LogP contribution in [0.1, 0.15) is 0 Å². The van der Waals surface area contributed by atoms with Gasteiger partial charge in [-0.3, -0.25) is 4.99 Å². The third-order valence-electron chi connectivity index (χ3n) is 1.14. The standard InChI is InChI=1S/C9H13N3S/c1-4-11-6-9(5-10)7(2)12-8(3)13/h4-6,12-13H,1-3,10H2/b9-5+,11-6?. The van der Waals surface area contributed by atoms with Gasteiger partial charge in [0.2, 0.25) is 0 Å². The lowest BCUT2D eigenvalue weighted by Crippen LogP contribution is -2.11. The van der Waals surface area contributed by atoms with E-state index in [4.69, 9.17) is 5.73 Å².